The van der Waals surface area contributed by atoms with E-state index in [-0.39, 0.29) is 5.78 Å². The van der Waals surface area contributed by atoms with E-state index in [1.165, 1.54) is 6.92 Å². The zero-order valence-corrected chi connectivity index (χ0v) is 17.3. The van der Waals surface area contributed by atoms with Crippen LogP contribution in [0, 0.1) is 0 Å². The molecule has 0 saturated heterocycles. The normalized spacial score (nSPS) is 12.4. The third-order valence-corrected chi connectivity index (χ3v) is 4.21. The lowest BCUT2D eigenvalue weighted by Crippen LogP contribution is -2.43. The van der Waals surface area contributed by atoms with Gasteiger partial charge < -0.3 is 10.1 Å². The molecule has 2 aromatic carbocycles. The lowest BCUT2D eigenvalue weighted by molar-refractivity contribution is -0.119. The van der Waals surface area contributed by atoms with Crippen LogP contribution in [-0.4, -0.2) is 23.5 Å². The zero-order chi connectivity index (χ0) is 20.2. The topological polar surface area (TPSA) is 55.4 Å². The molecule has 0 radical (unpaired) electrons. The molecule has 6 heteroatoms. The first kappa shape index (κ1) is 21.3. The molecule has 27 heavy (non-hydrogen) atoms. The van der Waals surface area contributed by atoms with Crippen LogP contribution >= 0.6 is 23.2 Å². The van der Waals surface area contributed by atoms with Gasteiger partial charge in [0.05, 0.1) is 6.04 Å². The summed E-state index contributed by atoms with van der Waals surface area (Å²) in [5.41, 5.74) is 2.17. The van der Waals surface area contributed by atoms with Crippen LogP contribution in [0.3, 0.4) is 0 Å². The summed E-state index contributed by atoms with van der Waals surface area (Å²) in [7, 11) is 0. The number of ketones is 1. The molecule has 0 heterocycles. The number of alkyl carbamates (subject to hydrolysis) is 1. The first-order valence-electron chi connectivity index (χ1n) is 8.59. The molecular formula is C21H23Cl2NO3. The van der Waals surface area contributed by atoms with Crippen LogP contribution in [0.1, 0.15) is 33.3 Å². The highest BCUT2D eigenvalue weighted by Crippen LogP contribution is 2.27. The minimum atomic E-state index is -0.647. The van der Waals surface area contributed by atoms with Crippen LogP contribution in [0.5, 0.6) is 0 Å². The average Bonchev–Trinajstić information content (AvgIpc) is 2.52. The third-order valence-electron chi connectivity index (χ3n) is 3.77. The number of carbonyl (C=O) groups excluding carboxylic acids is 2. The Bertz CT molecular complexity index is 806. The van der Waals surface area contributed by atoms with E-state index >= 15 is 0 Å². The lowest BCUT2D eigenvalue weighted by atomic mass is 9.99. The van der Waals surface area contributed by atoms with Crippen molar-refractivity contribution >= 4 is 35.1 Å². The highest BCUT2D eigenvalue weighted by Gasteiger charge is 2.22. The molecule has 0 unspecified atom stereocenters. The smallest absolute Gasteiger partial charge is 0.408 e. The number of Topliss-reactive ketones (excluding diaryl/α,β-unsaturated/α-hetero) is 1. The number of rotatable bonds is 5. The molecule has 0 aliphatic rings. The molecule has 4 nitrogen and oxygen atoms in total. The Morgan fingerprint density at radius 2 is 1.56 bits per heavy atom. The lowest BCUT2D eigenvalue weighted by Gasteiger charge is -2.22. The highest BCUT2D eigenvalue weighted by atomic mass is 35.5. The second kappa shape index (κ2) is 8.77. The number of ether oxygens (including phenoxy) is 1. The van der Waals surface area contributed by atoms with Gasteiger partial charge in [-0.3, -0.25) is 4.79 Å². The van der Waals surface area contributed by atoms with Crippen molar-refractivity contribution in [1.82, 2.24) is 5.32 Å². The summed E-state index contributed by atoms with van der Waals surface area (Å²) in [6.07, 6.45) is -0.224. The predicted octanol–water partition coefficient (Wildman–Crippen LogP) is 5.69. The van der Waals surface area contributed by atoms with Crippen LogP contribution < -0.4 is 5.32 Å². The number of carbonyl (C=O) groups is 2. The van der Waals surface area contributed by atoms with E-state index in [9.17, 15) is 9.59 Å². The summed E-state index contributed by atoms with van der Waals surface area (Å²) in [5, 5.41) is 3.78. The van der Waals surface area contributed by atoms with Gasteiger partial charge in [-0.1, -0.05) is 47.5 Å². The Balaban J connectivity index is 2.10. The van der Waals surface area contributed by atoms with Gasteiger partial charge in [-0.05, 0) is 69.0 Å². The van der Waals surface area contributed by atoms with Crippen molar-refractivity contribution in [2.45, 2.75) is 45.8 Å². The summed E-state index contributed by atoms with van der Waals surface area (Å²) in [5.74, 6) is -0.133. The highest BCUT2D eigenvalue weighted by molar-refractivity contribution is 6.35. The third kappa shape index (κ3) is 6.89. The number of nitrogens with one attached hydrogen (secondary N) is 1. The minimum Gasteiger partial charge on any atom is -0.444 e. The first-order valence-corrected chi connectivity index (χ1v) is 9.34. The standard InChI is InChI=1S/C21H23Cl2NO3/c1-13(25)19(24-20(26)27-21(2,3)4)9-14-5-7-15(8-6-14)16-10-17(22)12-18(23)11-16/h5-8,10-12,19H,9H2,1-4H3,(H,24,26)/t19-/m1/s1. The monoisotopic (exact) mass is 407 g/mol. The van der Waals surface area contributed by atoms with Gasteiger partial charge in [0, 0.05) is 10.0 Å². The van der Waals surface area contributed by atoms with Gasteiger partial charge in [0.1, 0.15) is 5.60 Å². The van der Waals surface area contributed by atoms with Crippen LogP contribution in [0.15, 0.2) is 42.5 Å². The van der Waals surface area contributed by atoms with Gasteiger partial charge in [0.2, 0.25) is 0 Å². The van der Waals surface area contributed by atoms with E-state index in [1.807, 2.05) is 36.4 Å². The fraction of sp³-hybridized carbons (Fsp3) is 0.333. The summed E-state index contributed by atoms with van der Waals surface area (Å²) in [6.45, 7) is 6.77. The Kier molecular flexibility index (Phi) is 6.90. The van der Waals surface area contributed by atoms with Crippen molar-refractivity contribution in [2.75, 3.05) is 0 Å². The number of hydrogen-bond acceptors (Lipinski definition) is 3. The van der Waals surface area contributed by atoms with Gasteiger partial charge in [-0.25, -0.2) is 4.79 Å². The van der Waals surface area contributed by atoms with Gasteiger partial charge in [-0.15, -0.1) is 0 Å². The minimum absolute atomic E-state index is 0.133. The van der Waals surface area contributed by atoms with Crippen molar-refractivity contribution in [3.05, 3.63) is 58.1 Å². The molecule has 0 fully saturated rings. The van der Waals surface area contributed by atoms with Crippen molar-refractivity contribution in [2.24, 2.45) is 0 Å². The van der Waals surface area contributed by atoms with Gasteiger partial charge in [-0.2, -0.15) is 0 Å². The van der Waals surface area contributed by atoms with E-state index in [4.69, 9.17) is 27.9 Å². The van der Waals surface area contributed by atoms with Crippen molar-refractivity contribution in [3.63, 3.8) is 0 Å². The predicted molar refractivity (Wildman–Crippen MR) is 109 cm³/mol. The average molecular weight is 408 g/mol. The molecule has 0 spiro atoms. The number of hydrogen-bond donors (Lipinski definition) is 1. The molecule has 1 atom stereocenters. The number of halogens is 2. The van der Waals surface area contributed by atoms with Crippen molar-refractivity contribution < 1.29 is 14.3 Å². The van der Waals surface area contributed by atoms with Crippen molar-refractivity contribution in [3.8, 4) is 11.1 Å². The fourth-order valence-corrected chi connectivity index (χ4v) is 3.06. The number of amides is 1. The summed E-state index contributed by atoms with van der Waals surface area (Å²) in [6, 6.07) is 12.4. The Labute approximate surface area is 169 Å². The zero-order valence-electron chi connectivity index (χ0n) is 15.8. The summed E-state index contributed by atoms with van der Waals surface area (Å²) in [4.78, 5) is 23.9. The Morgan fingerprint density at radius 1 is 1.00 bits per heavy atom. The molecule has 144 valence electrons. The number of benzene rings is 2. The maximum atomic E-state index is 12.0. The molecule has 2 rings (SSSR count). The maximum Gasteiger partial charge on any atom is 0.408 e. The van der Waals surface area contributed by atoms with E-state index in [1.54, 1.807) is 26.8 Å². The van der Waals surface area contributed by atoms with Crippen molar-refractivity contribution in [1.29, 1.82) is 0 Å². The Hall–Kier alpha value is -2.04. The largest absolute Gasteiger partial charge is 0.444 e. The van der Waals surface area contributed by atoms with Gasteiger partial charge in [0.25, 0.3) is 0 Å². The van der Waals surface area contributed by atoms with Gasteiger partial charge >= 0.3 is 6.09 Å². The Morgan fingerprint density at radius 3 is 2.04 bits per heavy atom. The summed E-state index contributed by atoms with van der Waals surface area (Å²) < 4.78 is 5.23. The van der Waals surface area contributed by atoms with Crippen LogP contribution in [0.4, 0.5) is 4.79 Å². The molecule has 1 amide bonds. The van der Waals surface area contributed by atoms with Crippen LogP contribution in [0.25, 0.3) is 11.1 Å². The second-order valence-electron chi connectivity index (χ2n) is 7.37. The molecule has 0 aliphatic carbocycles. The second-order valence-corrected chi connectivity index (χ2v) is 8.24. The van der Waals surface area contributed by atoms with Crippen LogP contribution in [0.2, 0.25) is 10.0 Å². The molecule has 1 N–H and O–H groups in total. The van der Waals surface area contributed by atoms with Gasteiger partial charge in [0.15, 0.2) is 5.78 Å². The molecule has 2 aromatic rings. The van der Waals surface area contributed by atoms with E-state index in [2.05, 4.69) is 5.32 Å². The van der Waals surface area contributed by atoms with E-state index < -0.39 is 17.7 Å². The first-order chi connectivity index (χ1) is 12.5. The van der Waals surface area contributed by atoms with Crippen LogP contribution in [-0.2, 0) is 16.0 Å². The molecule has 0 bridgehead atoms. The molecule has 0 saturated carbocycles. The molecular weight excluding hydrogens is 385 g/mol. The van der Waals surface area contributed by atoms with E-state index in [0.717, 1.165) is 16.7 Å². The molecule has 0 aliphatic heterocycles. The molecule has 0 aromatic heterocycles. The SMILES string of the molecule is CC(=O)[C@@H](Cc1ccc(-c2cc(Cl)cc(Cl)c2)cc1)NC(=O)OC(C)(C)C. The summed E-state index contributed by atoms with van der Waals surface area (Å²) >= 11 is 12.1. The van der Waals surface area contributed by atoms with E-state index in [0.29, 0.717) is 16.5 Å². The maximum absolute atomic E-state index is 12.0. The quantitative estimate of drug-likeness (QED) is 0.692. The fourth-order valence-electron chi connectivity index (χ4n) is 2.54.